The largest absolute Gasteiger partial charge is 0.317 e. The first-order valence-electron chi connectivity index (χ1n) is 6.18. The highest BCUT2D eigenvalue weighted by Crippen LogP contribution is 2.25. The maximum atomic E-state index is 2.46. The normalized spacial score (nSPS) is 14.5. The fraction of sp³-hybridized carbons (Fsp3) is 1.00. The van der Waals surface area contributed by atoms with Gasteiger partial charge in [-0.25, -0.2) is 0 Å². The van der Waals surface area contributed by atoms with E-state index in [4.69, 9.17) is 0 Å². The Morgan fingerprint density at radius 3 is 0.824 bits per heavy atom. The molecule has 0 radical (unpaired) electrons. The van der Waals surface area contributed by atoms with Crippen molar-refractivity contribution >= 4 is 16.8 Å². The molecular weight excluding hydrogens is 244 g/mol. The minimum Gasteiger partial charge on any atom is -0.317 e. The van der Waals surface area contributed by atoms with E-state index < -0.39 is 16.8 Å². The van der Waals surface area contributed by atoms with Gasteiger partial charge in [-0.05, 0) is 75.1 Å². The van der Waals surface area contributed by atoms with E-state index >= 15 is 0 Å². The van der Waals surface area contributed by atoms with E-state index in [9.17, 15) is 0 Å². The van der Waals surface area contributed by atoms with Crippen molar-refractivity contribution in [3.05, 3.63) is 0 Å². The molecule has 0 aromatic rings. The lowest BCUT2D eigenvalue weighted by Crippen LogP contribution is -2.69. The average Bonchev–Trinajstić information content (AvgIpc) is 2.15. The van der Waals surface area contributed by atoms with Crippen molar-refractivity contribution in [2.24, 2.45) is 0 Å². The predicted octanol–water partition coefficient (Wildman–Crippen LogP) is 0.916. The molecule has 17 heavy (non-hydrogen) atoms. The number of hydrogen-bond acceptors (Lipinski definition) is 4. The van der Waals surface area contributed by atoms with Gasteiger partial charge in [0.25, 0.3) is 0 Å². The van der Waals surface area contributed by atoms with E-state index in [2.05, 4.69) is 87.7 Å². The third kappa shape index (κ3) is 3.62. The van der Waals surface area contributed by atoms with Gasteiger partial charge >= 0.3 is 0 Å². The molecular formula is C11H32N4Si2. The fourth-order valence-corrected chi connectivity index (χ4v) is 13.8. The van der Waals surface area contributed by atoms with Gasteiger partial charge in [0.05, 0.1) is 0 Å². The Kier molecular flexibility index (Phi) is 6.04. The molecule has 0 aliphatic rings. The molecule has 0 rings (SSSR count). The van der Waals surface area contributed by atoms with Crippen LogP contribution in [0, 0.1) is 0 Å². The van der Waals surface area contributed by atoms with Crippen LogP contribution in [-0.4, -0.2) is 91.4 Å². The Morgan fingerprint density at radius 1 is 0.529 bits per heavy atom. The molecule has 4 nitrogen and oxygen atoms in total. The lowest BCUT2D eigenvalue weighted by Gasteiger charge is -2.49. The summed E-state index contributed by atoms with van der Waals surface area (Å²) in [5.74, 6) is 0. The van der Waals surface area contributed by atoms with Crippen LogP contribution in [0.5, 0.6) is 0 Å². The van der Waals surface area contributed by atoms with Crippen molar-refractivity contribution in [1.29, 1.82) is 0 Å². The summed E-state index contributed by atoms with van der Waals surface area (Å²) in [7, 11) is 14.8. The molecule has 0 spiro atoms. The first kappa shape index (κ1) is 17.3. The topological polar surface area (TPSA) is 13.0 Å². The molecule has 0 aromatic carbocycles. The Labute approximate surface area is 111 Å². The molecule has 6 heteroatoms. The van der Waals surface area contributed by atoms with Crippen molar-refractivity contribution in [2.75, 3.05) is 56.4 Å². The molecule has 0 unspecified atom stereocenters. The van der Waals surface area contributed by atoms with Gasteiger partial charge in [-0.15, -0.1) is 0 Å². The Morgan fingerprint density at radius 2 is 0.706 bits per heavy atom. The van der Waals surface area contributed by atoms with Gasteiger partial charge in [0, 0.05) is 0 Å². The molecule has 0 heterocycles. The molecule has 0 amide bonds. The molecule has 0 atom stereocenters. The second kappa shape index (κ2) is 5.94. The first-order valence-corrected chi connectivity index (χ1v) is 11.4. The lowest BCUT2D eigenvalue weighted by atomic mass is 11.2. The number of hydrogen-bond donors (Lipinski definition) is 0. The minimum absolute atomic E-state index is 1.32. The predicted molar refractivity (Wildman–Crippen MR) is 82.8 cm³/mol. The van der Waals surface area contributed by atoms with Crippen molar-refractivity contribution in [1.82, 2.24) is 18.3 Å². The molecule has 0 fully saturated rings. The van der Waals surface area contributed by atoms with Crippen molar-refractivity contribution in [2.45, 2.75) is 18.8 Å². The van der Waals surface area contributed by atoms with Crippen LogP contribution in [0.2, 0.25) is 18.8 Å². The highest BCUT2D eigenvalue weighted by molar-refractivity contribution is 6.91. The SMILES string of the molecule is CN(C)[Si](C)(C[Si](C)(N(C)C)N(C)C)N(C)C. The van der Waals surface area contributed by atoms with Crippen molar-refractivity contribution < 1.29 is 0 Å². The summed E-state index contributed by atoms with van der Waals surface area (Å²) in [6.07, 6.45) is 0. The molecule has 0 aliphatic heterocycles. The quantitative estimate of drug-likeness (QED) is 0.669. The third-order valence-electron chi connectivity index (χ3n) is 4.52. The zero-order valence-corrected chi connectivity index (χ0v) is 15.5. The maximum absolute atomic E-state index is 2.46. The summed E-state index contributed by atoms with van der Waals surface area (Å²) < 4.78 is 9.85. The van der Waals surface area contributed by atoms with Crippen LogP contribution in [0.3, 0.4) is 0 Å². The van der Waals surface area contributed by atoms with E-state index in [0.29, 0.717) is 0 Å². The number of nitrogens with zero attached hydrogens (tertiary/aromatic N) is 4. The molecule has 0 aliphatic carbocycles. The van der Waals surface area contributed by atoms with Gasteiger partial charge in [0.1, 0.15) is 0 Å². The fourth-order valence-electron chi connectivity index (χ4n) is 2.07. The van der Waals surface area contributed by atoms with Crippen LogP contribution in [0.1, 0.15) is 0 Å². The Hall–Kier alpha value is 0.274. The zero-order valence-electron chi connectivity index (χ0n) is 13.5. The molecule has 0 saturated heterocycles. The van der Waals surface area contributed by atoms with Crippen LogP contribution in [0.4, 0.5) is 0 Å². The highest BCUT2D eigenvalue weighted by atomic mass is 28.4. The second-order valence-electron chi connectivity index (χ2n) is 6.19. The molecule has 0 N–H and O–H groups in total. The Bertz CT molecular complexity index is 202. The summed E-state index contributed by atoms with van der Waals surface area (Å²) >= 11 is 0. The van der Waals surface area contributed by atoms with Crippen LogP contribution in [-0.2, 0) is 0 Å². The summed E-state index contributed by atoms with van der Waals surface area (Å²) in [6.45, 7) is 4.93. The first-order chi connectivity index (χ1) is 7.48. The second-order valence-corrected chi connectivity index (χ2v) is 16.0. The third-order valence-corrected chi connectivity index (χ3v) is 17.6. The minimum atomic E-state index is -1.52. The number of rotatable bonds is 6. The molecule has 0 aromatic heterocycles. The lowest BCUT2D eigenvalue weighted by molar-refractivity contribution is 0.461. The zero-order chi connectivity index (χ0) is 14.0. The van der Waals surface area contributed by atoms with E-state index in [1.54, 1.807) is 0 Å². The van der Waals surface area contributed by atoms with Crippen molar-refractivity contribution in [3.8, 4) is 0 Å². The van der Waals surface area contributed by atoms with Crippen molar-refractivity contribution in [3.63, 3.8) is 0 Å². The summed E-state index contributed by atoms with van der Waals surface area (Å²) in [5.41, 5.74) is 1.32. The van der Waals surface area contributed by atoms with Crippen LogP contribution < -0.4 is 0 Å². The monoisotopic (exact) mass is 276 g/mol. The summed E-state index contributed by atoms with van der Waals surface area (Å²) in [5, 5.41) is 0. The van der Waals surface area contributed by atoms with Gasteiger partial charge < -0.3 is 18.3 Å². The van der Waals surface area contributed by atoms with E-state index in [-0.39, 0.29) is 0 Å². The van der Waals surface area contributed by atoms with E-state index in [1.165, 1.54) is 5.67 Å². The average molecular weight is 277 g/mol. The molecule has 0 saturated carbocycles. The molecule has 104 valence electrons. The smallest absolute Gasteiger partial charge is 0.202 e. The highest BCUT2D eigenvalue weighted by Gasteiger charge is 2.45. The standard InChI is InChI=1S/C11H32N4Si2/c1-12(2)16(9,13(3)4)11-17(10,14(5)6)15(7)8/h11H2,1-10H3. The van der Waals surface area contributed by atoms with Crippen LogP contribution >= 0.6 is 0 Å². The van der Waals surface area contributed by atoms with E-state index in [0.717, 1.165) is 0 Å². The van der Waals surface area contributed by atoms with E-state index in [1.807, 2.05) is 0 Å². The van der Waals surface area contributed by atoms with Gasteiger partial charge in [-0.1, -0.05) is 0 Å². The summed E-state index contributed by atoms with van der Waals surface area (Å²) in [4.78, 5) is 0. The van der Waals surface area contributed by atoms with Gasteiger partial charge in [0.2, 0.25) is 16.8 Å². The maximum Gasteiger partial charge on any atom is 0.202 e. The van der Waals surface area contributed by atoms with Gasteiger partial charge in [0.15, 0.2) is 0 Å². The van der Waals surface area contributed by atoms with Gasteiger partial charge in [-0.2, -0.15) is 0 Å². The van der Waals surface area contributed by atoms with Crippen LogP contribution in [0.25, 0.3) is 0 Å². The van der Waals surface area contributed by atoms with Crippen LogP contribution in [0.15, 0.2) is 0 Å². The Balaban J connectivity index is 5.22. The molecule has 0 bridgehead atoms. The van der Waals surface area contributed by atoms with Gasteiger partial charge in [-0.3, -0.25) is 0 Å². The summed E-state index contributed by atoms with van der Waals surface area (Å²) in [6, 6.07) is 0.